The van der Waals surface area contributed by atoms with Crippen LogP contribution in [0, 0.1) is 19.7 Å². The van der Waals surface area contributed by atoms with E-state index >= 15 is 0 Å². The third-order valence-electron chi connectivity index (χ3n) is 5.03. The van der Waals surface area contributed by atoms with E-state index in [0.29, 0.717) is 31.8 Å². The van der Waals surface area contributed by atoms with Gasteiger partial charge in [0.15, 0.2) is 0 Å². The van der Waals surface area contributed by atoms with Crippen LogP contribution in [0.2, 0.25) is 0 Å². The number of alkyl halides is 1. The van der Waals surface area contributed by atoms with Crippen LogP contribution in [0.25, 0.3) is 0 Å². The topological polar surface area (TPSA) is 49.3 Å². The average Bonchev–Trinajstić information content (AvgIpc) is 2.90. The zero-order chi connectivity index (χ0) is 20.1. The Bertz CT molecular complexity index is 845. The highest BCUT2D eigenvalue weighted by Crippen LogP contribution is 2.25. The molecule has 0 bridgehead atoms. The first-order valence-corrected chi connectivity index (χ1v) is 10.2. The van der Waals surface area contributed by atoms with Gasteiger partial charge in [-0.25, -0.2) is 14.4 Å². The van der Waals surface area contributed by atoms with Gasteiger partial charge >= 0.3 is 0 Å². The van der Waals surface area contributed by atoms with Gasteiger partial charge < -0.3 is 9.80 Å². The highest BCUT2D eigenvalue weighted by atomic mass is 35.5. The van der Waals surface area contributed by atoms with E-state index < -0.39 is 0 Å². The van der Waals surface area contributed by atoms with Gasteiger partial charge in [-0.2, -0.15) is 0 Å². The third kappa shape index (κ3) is 4.98. The van der Waals surface area contributed by atoms with Crippen molar-refractivity contribution < 1.29 is 9.18 Å². The zero-order valence-electron chi connectivity index (χ0n) is 16.4. The normalized spacial score (nSPS) is 14.9. The Morgan fingerprint density at radius 2 is 2.00 bits per heavy atom. The molecule has 1 aliphatic rings. The molecular weight excluding hydrogens is 379 g/mol. The average molecular weight is 405 g/mol. The van der Waals surface area contributed by atoms with Crippen LogP contribution < -0.4 is 4.90 Å². The van der Waals surface area contributed by atoms with Crippen LogP contribution in [0.5, 0.6) is 0 Å². The summed E-state index contributed by atoms with van der Waals surface area (Å²) in [5.74, 6) is 1.82. The minimum Gasteiger partial charge on any atom is -0.354 e. The van der Waals surface area contributed by atoms with Gasteiger partial charge in [-0.1, -0.05) is 12.1 Å². The molecule has 5 nitrogen and oxygen atoms in total. The van der Waals surface area contributed by atoms with E-state index in [2.05, 4.69) is 9.88 Å². The van der Waals surface area contributed by atoms with Crippen molar-refractivity contribution in [3.63, 3.8) is 0 Å². The summed E-state index contributed by atoms with van der Waals surface area (Å²) in [6, 6.07) is 6.64. The maximum atomic E-state index is 13.6. The second-order valence-electron chi connectivity index (χ2n) is 7.13. The van der Waals surface area contributed by atoms with Gasteiger partial charge in [0.2, 0.25) is 5.91 Å². The second kappa shape index (κ2) is 9.32. The standard InChI is InChI=1S/C21H26ClFN4O/c1-15-19(14-17-5-3-6-18(23)13-17)21(25-16(2)24-15)27-10-4-9-26(11-12-27)20(28)7-8-22/h3,5-6,13H,4,7-12,14H2,1-2H3. The smallest absolute Gasteiger partial charge is 0.223 e. The molecule has 0 N–H and O–H groups in total. The fourth-order valence-corrected chi connectivity index (χ4v) is 3.82. The number of benzene rings is 1. The number of aryl methyl sites for hydroxylation is 2. The van der Waals surface area contributed by atoms with Gasteiger partial charge in [0.25, 0.3) is 0 Å². The first-order valence-electron chi connectivity index (χ1n) is 9.65. The Hall–Kier alpha value is -2.21. The molecular formula is C21H26ClFN4O. The highest BCUT2D eigenvalue weighted by molar-refractivity contribution is 6.18. The van der Waals surface area contributed by atoms with Crippen molar-refractivity contribution in [2.45, 2.75) is 33.1 Å². The van der Waals surface area contributed by atoms with Crippen LogP contribution in [0.15, 0.2) is 24.3 Å². The molecule has 1 aliphatic heterocycles. The number of halogens is 2. The molecule has 1 aromatic carbocycles. The summed E-state index contributed by atoms with van der Waals surface area (Å²) >= 11 is 5.72. The number of nitrogens with zero attached hydrogens (tertiary/aromatic N) is 4. The molecule has 7 heteroatoms. The van der Waals surface area contributed by atoms with Gasteiger partial charge in [-0.15, -0.1) is 11.6 Å². The number of carbonyl (C=O) groups is 1. The first-order chi connectivity index (χ1) is 13.5. The molecule has 0 atom stereocenters. The molecule has 1 saturated heterocycles. The number of aromatic nitrogens is 2. The molecule has 0 radical (unpaired) electrons. The molecule has 2 aromatic rings. The molecule has 28 heavy (non-hydrogen) atoms. The van der Waals surface area contributed by atoms with E-state index in [4.69, 9.17) is 16.6 Å². The molecule has 3 rings (SSSR count). The lowest BCUT2D eigenvalue weighted by molar-refractivity contribution is -0.130. The molecule has 150 valence electrons. The van der Waals surface area contributed by atoms with Crippen molar-refractivity contribution in [2.75, 3.05) is 37.0 Å². The van der Waals surface area contributed by atoms with Crippen LogP contribution in [-0.2, 0) is 11.2 Å². The molecule has 1 amide bonds. The fourth-order valence-electron chi connectivity index (χ4n) is 3.65. The summed E-state index contributed by atoms with van der Waals surface area (Å²) in [5, 5.41) is 0. The van der Waals surface area contributed by atoms with Crippen molar-refractivity contribution in [3.05, 3.63) is 52.7 Å². The Balaban J connectivity index is 1.85. The molecule has 0 unspecified atom stereocenters. The maximum absolute atomic E-state index is 13.6. The Labute approximate surface area is 170 Å². The number of amides is 1. The number of carbonyl (C=O) groups excluding carboxylic acids is 1. The van der Waals surface area contributed by atoms with Gasteiger partial charge in [0.05, 0.1) is 0 Å². The predicted octanol–water partition coefficient (Wildman–Crippen LogP) is 3.49. The lowest BCUT2D eigenvalue weighted by atomic mass is 10.0. The molecule has 0 aliphatic carbocycles. The fraction of sp³-hybridized carbons (Fsp3) is 0.476. The van der Waals surface area contributed by atoms with E-state index in [1.54, 1.807) is 12.1 Å². The summed E-state index contributed by atoms with van der Waals surface area (Å²) in [7, 11) is 0. The first kappa shape index (κ1) is 20.5. The third-order valence-corrected chi connectivity index (χ3v) is 5.22. The highest BCUT2D eigenvalue weighted by Gasteiger charge is 2.22. The Kier molecular flexibility index (Phi) is 6.83. The maximum Gasteiger partial charge on any atom is 0.223 e. The van der Waals surface area contributed by atoms with Crippen molar-refractivity contribution >= 4 is 23.3 Å². The van der Waals surface area contributed by atoms with Crippen molar-refractivity contribution in [2.24, 2.45) is 0 Å². The monoisotopic (exact) mass is 404 g/mol. The van der Waals surface area contributed by atoms with E-state index in [9.17, 15) is 9.18 Å². The molecule has 2 heterocycles. The summed E-state index contributed by atoms with van der Waals surface area (Å²) in [4.78, 5) is 25.6. The van der Waals surface area contributed by atoms with Gasteiger partial charge in [0.1, 0.15) is 17.5 Å². The largest absolute Gasteiger partial charge is 0.354 e. The molecule has 1 fully saturated rings. The summed E-state index contributed by atoms with van der Waals surface area (Å²) in [5.41, 5.74) is 2.81. The number of hydrogen-bond acceptors (Lipinski definition) is 4. The van der Waals surface area contributed by atoms with Gasteiger partial charge in [0, 0.05) is 56.2 Å². The Morgan fingerprint density at radius 3 is 2.75 bits per heavy atom. The Morgan fingerprint density at radius 1 is 1.18 bits per heavy atom. The molecule has 0 spiro atoms. The van der Waals surface area contributed by atoms with Gasteiger partial charge in [-0.05, 0) is 38.0 Å². The number of hydrogen-bond donors (Lipinski definition) is 0. The summed E-state index contributed by atoms with van der Waals surface area (Å²) < 4.78 is 13.6. The SMILES string of the molecule is Cc1nc(C)c(Cc2cccc(F)c2)c(N2CCCN(C(=O)CCCl)CC2)n1. The summed E-state index contributed by atoms with van der Waals surface area (Å²) in [6.45, 7) is 6.76. The number of anilines is 1. The van der Waals surface area contributed by atoms with E-state index in [1.807, 2.05) is 24.8 Å². The second-order valence-corrected chi connectivity index (χ2v) is 7.50. The van der Waals surface area contributed by atoms with E-state index in [1.165, 1.54) is 6.07 Å². The lowest BCUT2D eigenvalue weighted by Crippen LogP contribution is -2.35. The minimum absolute atomic E-state index is 0.104. The van der Waals surface area contributed by atoms with Crippen molar-refractivity contribution in [1.82, 2.24) is 14.9 Å². The van der Waals surface area contributed by atoms with Crippen LogP contribution in [0.1, 0.15) is 35.5 Å². The predicted molar refractivity (Wildman–Crippen MR) is 109 cm³/mol. The summed E-state index contributed by atoms with van der Waals surface area (Å²) in [6.07, 6.45) is 1.82. The van der Waals surface area contributed by atoms with Crippen LogP contribution in [-0.4, -0.2) is 52.8 Å². The van der Waals surface area contributed by atoms with Crippen LogP contribution in [0.4, 0.5) is 10.2 Å². The lowest BCUT2D eigenvalue weighted by Gasteiger charge is -2.26. The van der Waals surface area contributed by atoms with E-state index in [-0.39, 0.29) is 11.7 Å². The quantitative estimate of drug-likeness (QED) is 0.716. The van der Waals surface area contributed by atoms with Crippen molar-refractivity contribution in [3.8, 4) is 0 Å². The van der Waals surface area contributed by atoms with Crippen LogP contribution >= 0.6 is 11.6 Å². The van der Waals surface area contributed by atoms with Crippen molar-refractivity contribution in [1.29, 1.82) is 0 Å². The molecule has 1 aromatic heterocycles. The minimum atomic E-state index is -0.243. The molecule has 0 saturated carbocycles. The number of rotatable bonds is 5. The zero-order valence-corrected chi connectivity index (χ0v) is 17.2. The van der Waals surface area contributed by atoms with Gasteiger partial charge in [-0.3, -0.25) is 4.79 Å². The van der Waals surface area contributed by atoms with Crippen LogP contribution in [0.3, 0.4) is 0 Å². The van der Waals surface area contributed by atoms with E-state index in [0.717, 1.165) is 48.0 Å².